The fourth-order valence-corrected chi connectivity index (χ4v) is 4.12. The third-order valence-electron chi connectivity index (χ3n) is 5.34. The van der Waals surface area contributed by atoms with Crippen LogP contribution in [0.25, 0.3) is 22.5 Å². The lowest BCUT2D eigenvalue weighted by Crippen LogP contribution is -2.42. The van der Waals surface area contributed by atoms with E-state index in [9.17, 15) is 14.3 Å². The number of amides is 1. The highest BCUT2D eigenvalue weighted by atomic mass is 35.5. The molecule has 7 nitrogen and oxygen atoms in total. The van der Waals surface area contributed by atoms with E-state index in [1.54, 1.807) is 23.2 Å². The van der Waals surface area contributed by atoms with Gasteiger partial charge in [-0.15, -0.1) is 0 Å². The first kappa shape index (κ1) is 20.4. The number of piperidine rings is 1. The van der Waals surface area contributed by atoms with E-state index in [2.05, 4.69) is 20.2 Å². The molecule has 1 fully saturated rings. The number of carbonyl (C=O) groups excluding carboxylic acids is 1. The molecule has 3 aromatic rings. The number of hydrogen-bond donors (Lipinski definition) is 2. The number of aromatic amines is 1. The quantitative estimate of drug-likeness (QED) is 0.662. The number of H-pyrrole nitrogens is 1. The molecule has 0 saturated carbocycles. The number of rotatable bonds is 4. The van der Waals surface area contributed by atoms with Crippen molar-refractivity contribution in [3.8, 4) is 22.5 Å². The van der Waals surface area contributed by atoms with Gasteiger partial charge in [0, 0.05) is 47.0 Å². The molecular formula is C21H21ClFN5O2. The zero-order valence-corrected chi connectivity index (χ0v) is 17.1. The van der Waals surface area contributed by atoms with Crippen molar-refractivity contribution in [3.63, 3.8) is 0 Å². The number of aromatic nitrogens is 4. The van der Waals surface area contributed by atoms with Crippen LogP contribution in [0.1, 0.15) is 31.4 Å². The molecule has 3 heterocycles. The van der Waals surface area contributed by atoms with Crippen LogP contribution >= 0.6 is 11.6 Å². The third kappa shape index (κ3) is 4.06. The first-order chi connectivity index (χ1) is 14.4. The fourth-order valence-electron chi connectivity index (χ4n) is 3.90. The molecule has 0 unspecified atom stereocenters. The van der Waals surface area contributed by atoms with Gasteiger partial charge >= 0.3 is 0 Å². The number of nitrogens with zero attached hydrogens (tertiary/aromatic N) is 4. The Labute approximate surface area is 177 Å². The molecule has 0 aliphatic carbocycles. The number of benzene rings is 1. The summed E-state index contributed by atoms with van der Waals surface area (Å²) in [7, 11) is 0. The molecule has 2 N–H and O–H groups in total. The first-order valence-electron chi connectivity index (χ1n) is 9.72. The maximum atomic E-state index is 14.0. The summed E-state index contributed by atoms with van der Waals surface area (Å²) in [6.07, 6.45) is 3.52. The Morgan fingerprint density at radius 2 is 2.10 bits per heavy atom. The molecular weight excluding hydrogens is 409 g/mol. The van der Waals surface area contributed by atoms with Crippen LogP contribution in [0.15, 0.2) is 36.8 Å². The van der Waals surface area contributed by atoms with Crippen LogP contribution in [0.2, 0.25) is 5.02 Å². The van der Waals surface area contributed by atoms with E-state index in [1.165, 1.54) is 25.4 Å². The van der Waals surface area contributed by atoms with Gasteiger partial charge < -0.3 is 10.0 Å². The summed E-state index contributed by atoms with van der Waals surface area (Å²) in [5, 5.41) is 17.4. The predicted octanol–water partition coefficient (Wildman–Crippen LogP) is 3.41. The Morgan fingerprint density at radius 1 is 1.33 bits per heavy atom. The molecule has 30 heavy (non-hydrogen) atoms. The van der Waals surface area contributed by atoms with Gasteiger partial charge in [-0.3, -0.25) is 9.89 Å². The van der Waals surface area contributed by atoms with Crippen LogP contribution in [0, 0.1) is 5.82 Å². The topological polar surface area (TPSA) is 95.0 Å². The molecule has 156 valence electrons. The van der Waals surface area contributed by atoms with Crippen LogP contribution < -0.4 is 0 Å². The largest absolute Gasteiger partial charge is 0.384 e. The zero-order chi connectivity index (χ0) is 21.3. The monoisotopic (exact) mass is 429 g/mol. The van der Waals surface area contributed by atoms with Crippen molar-refractivity contribution in [2.45, 2.75) is 31.8 Å². The minimum Gasteiger partial charge on any atom is -0.384 e. The van der Waals surface area contributed by atoms with Crippen LogP contribution in [0.3, 0.4) is 0 Å². The number of aliphatic hydroxyl groups is 1. The Kier molecular flexibility index (Phi) is 5.78. The summed E-state index contributed by atoms with van der Waals surface area (Å²) in [5.41, 5.74) is 3.45. The molecule has 0 spiro atoms. The Bertz CT molecular complexity index is 1030. The summed E-state index contributed by atoms with van der Waals surface area (Å²) < 4.78 is 14.0. The number of nitrogens with one attached hydrogen (secondary N) is 1. The number of aliphatic hydroxyl groups excluding tert-OH is 1. The Hall–Kier alpha value is -2.84. The molecule has 0 bridgehead atoms. The standard InChI is InChI=1S/C21H21ClFN5O2/c1-12(29)21(30)28-6-3-13(4-7-28)19-18(17-2-5-24-11-25-17)20(27-26-19)14-8-15(22)10-16(23)9-14/h2,5,8-13,29H,3-4,6-7H2,1H3,(H,26,27)/t12-/m0/s1. The maximum Gasteiger partial charge on any atom is 0.251 e. The van der Waals surface area contributed by atoms with Gasteiger partial charge in [0.2, 0.25) is 0 Å². The zero-order valence-electron chi connectivity index (χ0n) is 16.3. The summed E-state index contributed by atoms with van der Waals surface area (Å²) in [6, 6.07) is 6.09. The minimum absolute atomic E-state index is 0.110. The van der Waals surface area contributed by atoms with E-state index in [4.69, 9.17) is 11.6 Å². The van der Waals surface area contributed by atoms with Crippen LogP contribution in [0.5, 0.6) is 0 Å². The molecule has 1 atom stereocenters. The van der Waals surface area contributed by atoms with Crippen LogP contribution in [-0.2, 0) is 4.79 Å². The van der Waals surface area contributed by atoms with Crippen molar-refractivity contribution < 1.29 is 14.3 Å². The second-order valence-corrected chi connectivity index (χ2v) is 7.83. The number of carbonyl (C=O) groups is 1. The minimum atomic E-state index is -1.00. The van der Waals surface area contributed by atoms with Crippen molar-refractivity contribution in [2.75, 3.05) is 13.1 Å². The van der Waals surface area contributed by atoms with Gasteiger partial charge in [-0.05, 0) is 44.0 Å². The third-order valence-corrected chi connectivity index (χ3v) is 5.56. The van der Waals surface area contributed by atoms with E-state index >= 15 is 0 Å². The SMILES string of the molecule is C[C@H](O)C(=O)N1CCC(c2[nH]nc(-c3cc(F)cc(Cl)c3)c2-c2ccncn2)CC1. The highest BCUT2D eigenvalue weighted by molar-refractivity contribution is 6.30. The van der Waals surface area contributed by atoms with Gasteiger partial charge in [0.15, 0.2) is 0 Å². The van der Waals surface area contributed by atoms with Crippen LogP contribution in [0.4, 0.5) is 4.39 Å². The number of halogens is 2. The summed E-state index contributed by atoms with van der Waals surface area (Å²) in [4.78, 5) is 22.1. The number of likely N-dealkylation sites (tertiary alicyclic amines) is 1. The molecule has 2 aromatic heterocycles. The fraction of sp³-hybridized carbons (Fsp3) is 0.333. The van der Waals surface area contributed by atoms with Crippen molar-refractivity contribution in [2.24, 2.45) is 0 Å². The predicted molar refractivity (Wildman–Crippen MR) is 110 cm³/mol. The molecule has 1 saturated heterocycles. The smallest absolute Gasteiger partial charge is 0.251 e. The Balaban J connectivity index is 1.71. The Morgan fingerprint density at radius 3 is 2.73 bits per heavy atom. The second kappa shape index (κ2) is 8.49. The van der Waals surface area contributed by atoms with E-state index in [0.717, 1.165) is 11.3 Å². The van der Waals surface area contributed by atoms with Crippen LogP contribution in [-0.4, -0.2) is 55.3 Å². The lowest BCUT2D eigenvalue weighted by Gasteiger charge is -2.32. The van der Waals surface area contributed by atoms with E-state index in [1.807, 2.05) is 0 Å². The maximum absolute atomic E-state index is 14.0. The van der Waals surface area contributed by atoms with Gasteiger partial charge in [-0.2, -0.15) is 5.10 Å². The van der Waals surface area contributed by atoms with E-state index in [-0.39, 0.29) is 16.8 Å². The van der Waals surface area contributed by atoms with Gasteiger partial charge in [0.25, 0.3) is 5.91 Å². The summed E-state index contributed by atoms with van der Waals surface area (Å²) >= 11 is 6.06. The molecule has 1 aliphatic heterocycles. The summed E-state index contributed by atoms with van der Waals surface area (Å²) in [6.45, 7) is 2.56. The van der Waals surface area contributed by atoms with Crippen molar-refractivity contribution >= 4 is 17.5 Å². The molecule has 0 radical (unpaired) electrons. The van der Waals surface area contributed by atoms with E-state index in [0.29, 0.717) is 42.9 Å². The van der Waals surface area contributed by atoms with Gasteiger partial charge in [-0.25, -0.2) is 14.4 Å². The normalized spacial score (nSPS) is 15.9. The first-order valence-corrected chi connectivity index (χ1v) is 10.1. The molecule has 9 heteroatoms. The highest BCUT2D eigenvalue weighted by Crippen LogP contribution is 2.39. The van der Waals surface area contributed by atoms with Gasteiger partial charge in [0.05, 0.1) is 5.69 Å². The lowest BCUT2D eigenvalue weighted by molar-refractivity contribution is -0.140. The highest BCUT2D eigenvalue weighted by Gasteiger charge is 2.30. The molecule has 1 aromatic carbocycles. The average molecular weight is 430 g/mol. The van der Waals surface area contributed by atoms with Gasteiger partial charge in [0.1, 0.15) is 23.9 Å². The lowest BCUT2D eigenvalue weighted by atomic mass is 9.88. The van der Waals surface area contributed by atoms with Gasteiger partial charge in [-0.1, -0.05) is 11.6 Å². The van der Waals surface area contributed by atoms with Crippen molar-refractivity contribution in [1.29, 1.82) is 0 Å². The number of hydrogen-bond acceptors (Lipinski definition) is 5. The average Bonchev–Trinajstić information content (AvgIpc) is 3.18. The molecule has 1 aliphatic rings. The van der Waals surface area contributed by atoms with Crippen molar-refractivity contribution in [3.05, 3.63) is 53.3 Å². The van der Waals surface area contributed by atoms with E-state index < -0.39 is 11.9 Å². The molecule has 4 rings (SSSR count). The van der Waals surface area contributed by atoms with Crippen molar-refractivity contribution in [1.82, 2.24) is 25.1 Å². The molecule has 1 amide bonds. The summed E-state index contributed by atoms with van der Waals surface area (Å²) in [5.74, 6) is -0.594. The second-order valence-electron chi connectivity index (χ2n) is 7.39.